The largest absolute Gasteiger partial charge is 0.489 e. The number of hydrogen-bond acceptors (Lipinski definition) is 5. The number of likely N-dealkylation sites (N-methyl/N-ethyl adjacent to an activating group) is 1. The van der Waals surface area contributed by atoms with Gasteiger partial charge in [0.15, 0.2) is 0 Å². The minimum absolute atomic E-state index is 0.189. The van der Waals surface area contributed by atoms with Crippen molar-refractivity contribution in [3.8, 4) is 5.75 Å². The number of benzene rings is 1. The Bertz CT molecular complexity index is 720. The van der Waals surface area contributed by atoms with E-state index in [0.29, 0.717) is 19.1 Å². The third-order valence-corrected chi connectivity index (χ3v) is 5.03. The zero-order valence-corrected chi connectivity index (χ0v) is 15.7. The molecule has 3 rings (SSSR count). The number of ether oxygens (including phenoxy) is 1. The first kappa shape index (κ1) is 18.5. The van der Waals surface area contributed by atoms with E-state index in [1.807, 2.05) is 50.1 Å². The van der Waals surface area contributed by atoms with Crippen molar-refractivity contribution in [3.05, 3.63) is 46.8 Å². The SMILES string of the molecule is CNC1CCCN(C(=O)Cc2ccc(OCc3c(C)noc3C)cc2)C1. The molecular weight excluding hydrogens is 330 g/mol. The van der Waals surface area contributed by atoms with Crippen molar-refractivity contribution in [2.24, 2.45) is 0 Å². The Labute approximate surface area is 154 Å². The highest BCUT2D eigenvalue weighted by Crippen LogP contribution is 2.19. The Morgan fingerprint density at radius 2 is 2.12 bits per heavy atom. The summed E-state index contributed by atoms with van der Waals surface area (Å²) in [6.45, 7) is 5.87. The molecule has 0 radical (unpaired) electrons. The fraction of sp³-hybridized carbons (Fsp3) is 0.500. The fourth-order valence-corrected chi connectivity index (χ4v) is 3.29. The van der Waals surface area contributed by atoms with Gasteiger partial charge >= 0.3 is 0 Å². The highest BCUT2D eigenvalue weighted by Gasteiger charge is 2.22. The Balaban J connectivity index is 1.53. The predicted octanol–water partition coefficient (Wildman–Crippen LogP) is 2.62. The molecule has 1 aliphatic rings. The summed E-state index contributed by atoms with van der Waals surface area (Å²) in [5, 5.41) is 7.20. The van der Waals surface area contributed by atoms with Crippen LogP contribution in [0.1, 0.15) is 35.4 Å². The van der Waals surface area contributed by atoms with Gasteiger partial charge < -0.3 is 19.5 Å². The molecule has 6 heteroatoms. The summed E-state index contributed by atoms with van der Waals surface area (Å²) in [5.41, 5.74) is 2.84. The molecule has 0 spiro atoms. The summed E-state index contributed by atoms with van der Waals surface area (Å²) in [5.74, 6) is 1.75. The van der Waals surface area contributed by atoms with Crippen LogP contribution in [-0.4, -0.2) is 42.1 Å². The van der Waals surface area contributed by atoms with E-state index in [4.69, 9.17) is 9.26 Å². The summed E-state index contributed by atoms with van der Waals surface area (Å²) in [6.07, 6.45) is 2.63. The molecule has 0 saturated carbocycles. The van der Waals surface area contributed by atoms with E-state index >= 15 is 0 Å². The molecule has 1 N–H and O–H groups in total. The van der Waals surface area contributed by atoms with Crippen molar-refractivity contribution in [1.29, 1.82) is 0 Å². The van der Waals surface area contributed by atoms with Crippen LogP contribution in [0.15, 0.2) is 28.8 Å². The second-order valence-electron chi connectivity index (χ2n) is 6.88. The summed E-state index contributed by atoms with van der Waals surface area (Å²) in [6, 6.07) is 8.15. The van der Waals surface area contributed by atoms with E-state index < -0.39 is 0 Å². The summed E-state index contributed by atoms with van der Waals surface area (Å²) >= 11 is 0. The van der Waals surface area contributed by atoms with Crippen LogP contribution in [0.2, 0.25) is 0 Å². The quantitative estimate of drug-likeness (QED) is 0.861. The smallest absolute Gasteiger partial charge is 0.227 e. The van der Waals surface area contributed by atoms with Gasteiger partial charge in [-0.2, -0.15) is 0 Å². The van der Waals surface area contributed by atoms with Crippen molar-refractivity contribution in [2.75, 3.05) is 20.1 Å². The Kier molecular flexibility index (Phi) is 5.93. The summed E-state index contributed by atoms with van der Waals surface area (Å²) in [4.78, 5) is 14.5. The third-order valence-electron chi connectivity index (χ3n) is 5.03. The molecule has 2 heterocycles. The molecule has 1 amide bonds. The molecule has 1 unspecified atom stereocenters. The number of nitrogens with one attached hydrogen (secondary N) is 1. The van der Waals surface area contributed by atoms with Gasteiger partial charge in [0.05, 0.1) is 17.7 Å². The van der Waals surface area contributed by atoms with Crippen LogP contribution in [0.4, 0.5) is 0 Å². The lowest BCUT2D eigenvalue weighted by Crippen LogP contribution is -2.47. The van der Waals surface area contributed by atoms with E-state index in [1.54, 1.807) is 0 Å². The Morgan fingerprint density at radius 3 is 2.77 bits per heavy atom. The molecule has 2 aromatic rings. The van der Waals surface area contributed by atoms with E-state index in [0.717, 1.165) is 54.3 Å². The molecule has 1 aliphatic heterocycles. The number of carbonyl (C=O) groups excluding carboxylic acids is 1. The van der Waals surface area contributed by atoms with Gasteiger partial charge in [-0.3, -0.25) is 4.79 Å². The van der Waals surface area contributed by atoms with Crippen LogP contribution in [0.25, 0.3) is 0 Å². The zero-order valence-electron chi connectivity index (χ0n) is 15.7. The molecule has 6 nitrogen and oxygen atoms in total. The molecule has 140 valence electrons. The Hall–Kier alpha value is -2.34. The molecule has 1 saturated heterocycles. The van der Waals surface area contributed by atoms with Crippen molar-refractivity contribution >= 4 is 5.91 Å². The number of hydrogen-bond donors (Lipinski definition) is 1. The van der Waals surface area contributed by atoms with Crippen LogP contribution in [0.5, 0.6) is 5.75 Å². The van der Waals surface area contributed by atoms with E-state index in [2.05, 4.69) is 10.5 Å². The van der Waals surface area contributed by atoms with Crippen molar-refractivity contribution in [2.45, 2.75) is 45.8 Å². The highest BCUT2D eigenvalue weighted by atomic mass is 16.5. The maximum atomic E-state index is 12.5. The van der Waals surface area contributed by atoms with Crippen LogP contribution in [0.3, 0.4) is 0 Å². The molecule has 0 bridgehead atoms. The highest BCUT2D eigenvalue weighted by molar-refractivity contribution is 5.79. The maximum absolute atomic E-state index is 12.5. The van der Waals surface area contributed by atoms with Gasteiger partial charge in [0.2, 0.25) is 5.91 Å². The minimum Gasteiger partial charge on any atom is -0.489 e. The number of aromatic nitrogens is 1. The van der Waals surface area contributed by atoms with E-state index in [1.165, 1.54) is 0 Å². The lowest BCUT2D eigenvalue weighted by molar-refractivity contribution is -0.131. The lowest BCUT2D eigenvalue weighted by atomic mass is 10.0. The molecular formula is C20H27N3O3. The van der Waals surface area contributed by atoms with E-state index in [-0.39, 0.29) is 5.91 Å². The zero-order chi connectivity index (χ0) is 18.5. The minimum atomic E-state index is 0.189. The van der Waals surface area contributed by atoms with Crippen LogP contribution in [0, 0.1) is 13.8 Å². The van der Waals surface area contributed by atoms with Crippen LogP contribution < -0.4 is 10.1 Å². The second-order valence-corrected chi connectivity index (χ2v) is 6.88. The molecule has 1 aromatic heterocycles. The second kappa shape index (κ2) is 8.36. The average Bonchev–Trinajstić information content (AvgIpc) is 2.99. The first-order valence-electron chi connectivity index (χ1n) is 9.15. The van der Waals surface area contributed by atoms with Crippen LogP contribution >= 0.6 is 0 Å². The number of amides is 1. The van der Waals surface area contributed by atoms with Crippen LogP contribution in [-0.2, 0) is 17.8 Å². The average molecular weight is 357 g/mol. The first-order valence-corrected chi connectivity index (χ1v) is 9.15. The maximum Gasteiger partial charge on any atom is 0.227 e. The lowest BCUT2D eigenvalue weighted by Gasteiger charge is -2.32. The number of nitrogens with zero attached hydrogens (tertiary/aromatic N) is 2. The van der Waals surface area contributed by atoms with Gasteiger partial charge in [-0.15, -0.1) is 0 Å². The molecule has 1 aromatic carbocycles. The normalized spacial score (nSPS) is 17.3. The van der Waals surface area contributed by atoms with E-state index in [9.17, 15) is 4.79 Å². The predicted molar refractivity (Wildman–Crippen MR) is 99.1 cm³/mol. The van der Waals surface area contributed by atoms with Gasteiger partial charge in [-0.05, 0) is 51.4 Å². The van der Waals surface area contributed by atoms with Gasteiger partial charge in [0.1, 0.15) is 18.1 Å². The number of piperidine rings is 1. The van der Waals surface area contributed by atoms with Gasteiger partial charge in [0.25, 0.3) is 0 Å². The van der Waals surface area contributed by atoms with Gasteiger partial charge in [0, 0.05) is 19.1 Å². The van der Waals surface area contributed by atoms with Crippen molar-refractivity contribution in [1.82, 2.24) is 15.4 Å². The number of carbonyl (C=O) groups is 1. The summed E-state index contributed by atoms with van der Waals surface area (Å²) in [7, 11) is 1.96. The van der Waals surface area contributed by atoms with Gasteiger partial charge in [-0.1, -0.05) is 17.3 Å². The van der Waals surface area contributed by atoms with Crippen molar-refractivity contribution in [3.63, 3.8) is 0 Å². The standard InChI is InChI=1S/C20H27N3O3/c1-14-19(15(2)26-22-14)13-25-18-8-6-16(7-9-18)11-20(24)23-10-4-5-17(12-23)21-3/h6-9,17,21H,4-5,10-13H2,1-3H3. The van der Waals surface area contributed by atoms with Gasteiger partial charge in [-0.25, -0.2) is 0 Å². The number of aryl methyl sites for hydroxylation is 2. The molecule has 0 aliphatic carbocycles. The third kappa shape index (κ3) is 4.43. The monoisotopic (exact) mass is 357 g/mol. The summed E-state index contributed by atoms with van der Waals surface area (Å²) < 4.78 is 11.0. The number of rotatable bonds is 6. The molecule has 1 atom stereocenters. The number of likely N-dealkylation sites (tertiary alicyclic amines) is 1. The first-order chi connectivity index (χ1) is 12.6. The fourth-order valence-electron chi connectivity index (χ4n) is 3.29. The topological polar surface area (TPSA) is 67.6 Å². The molecule has 26 heavy (non-hydrogen) atoms. The molecule has 1 fully saturated rings. The Morgan fingerprint density at radius 1 is 1.35 bits per heavy atom. The van der Waals surface area contributed by atoms with Crippen molar-refractivity contribution < 1.29 is 14.1 Å².